The van der Waals surface area contributed by atoms with Gasteiger partial charge in [0.05, 0.1) is 18.8 Å². The number of ketones is 2. The van der Waals surface area contributed by atoms with Crippen molar-refractivity contribution in [3.05, 3.63) is 24.3 Å². The second kappa shape index (κ2) is 7.37. The normalized spacial score (nSPS) is 47.7. The molecule has 8 atom stereocenters. The van der Waals surface area contributed by atoms with Gasteiger partial charge in [-0.05, 0) is 61.3 Å². The highest BCUT2D eigenvalue weighted by atomic mass is 16.5. The number of allylic oxidation sites excluding steroid dienone is 1. The molecule has 6 heteroatoms. The summed E-state index contributed by atoms with van der Waals surface area (Å²) in [5.74, 6) is -0.396. The van der Waals surface area contributed by atoms with Crippen LogP contribution in [0.25, 0.3) is 0 Å². The van der Waals surface area contributed by atoms with Crippen LogP contribution in [0.3, 0.4) is 0 Å². The van der Waals surface area contributed by atoms with Gasteiger partial charge in [-0.25, -0.2) is 0 Å². The lowest BCUT2D eigenvalue weighted by Crippen LogP contribution is -2.64. The van der Waals surface area contributed by atoms with Crippen molar-refractivity contribution >= 4 is 11.6 Å². The number of Topliss-reactive ketones (excluding diaryl/α,β-unsaturated/α-hetero) is 1. The Labute approximate surface area is 178 Å². The predicted molar refractivity (Wildman–Crippen MR) is 110 cm³/mol. The molecule has 0 spiro atoms. The van der Waals surface area contributed by atoms with Gasteiger partial charge in [-0.3, -0.25) is 9.59 Å². The van der Waals surface area contributed by atoms with Gasteiger partial charge in [0.1, 0.15) is 6.61 Å². The quantitative estimate of drug-likeness (QED) is 0.590. The molecule has 0 aliphatic heterocycles. The molecule has 4 aliphatic carbocycles. The summed E-state index contributed by atoms with van der Waals surface area (Å²) in [7, 11) is 0. The Morgan fingerprint density at radius 2 is 2.10 bits per heavy atom. The second-order valence-electron chi connectivity index (χ2n) is 10.3. The average molecular weight is 419 g/mol. The van der Waals surface area contributed by atoms with Crippen molar-refractivity contribution in [2.45, 2.75) is 70.2 Å². The van der Waals surface area contributed by atoms with Gasteiger partial charge >= 0.3 is 0 Å². The number of fused-ring (bicyclic) bond motifs is 5. The smallest absolute Gasteiger partial charge is 0.192 e. The van der Waals surface area contributed by atoms with Crippen LogP contribution in [0.1, 0.15) is 52.4 Å². The van der Waals surface area contributed by atoms with Gasteiger partial charge in [0.2, 0.25) is 0 Å². The topological polar surface area (TPSA) is 104 Å². The molecule has 0 saturated heterocycles. The Balaban J connectivity index is 1.76. The third-order valence-corrected chi connectivity index (χ3v) is 9.08. The number of hydrogen-bond acceptors (Lipinski definition) is 6. The van der Waals surface area contributed by atoms with Crippen LogP contribution < -0.4 is 0 Å². The third kappa shape index (κ3) is 2.77. The molecule has 3 saturated carbocycles. The lowest BCUT2D eigenvalue weighted by Gasteiger charge is -2.60. The maximum Gasteiger partial charge on any atom is 0.192 e. The monoisotopic (exact) mass is 418 g/mol. The van der Waals surface area contributed by atoms with E-state index in [2.05, 4.69) is 13.5 Å². The minimum Gasteiger partial charge on any atom is -0.393 e. The molecule has 4 rings (SSSR count). The first-order valence-electron chi connectivity index (χ1n) is 11.1. The van der Waals surface area contributed by atoms with Crippen molar-refractivity contribution in [3.63, 3.8) is 0 Å². The summed E-state index contributed by atoms with van der Waals surface area (Å²) >= 11 is 0. The fourth-order valence-electron chi connectivity index (χ4n) is 7.67. The highest BCUT2D eigenvalue weighted by molar-refractivity contribution is 5.92. The van der Waals surface area contributed by atoms with E-state index in [1.54, 1.807) is 12.2 Å². The molecule has 3 N–H and O–H groups in total. The summed E-state index contributed by atoms with van der Waals surface area (Å²) in [5, 5.41) is 32.7. The number of rotatable bonds is 5. The molecule has 166 valence electrons. The maximum absolute atomic E-state index is 12.8. The standard InChI is InChI=1S/C24H34O6/c1-4-9-30-20-11-17-16-6-5-14-10-15(26)7-8-22(14,2)21(16)18(27)12-23(17,3)24(20,29)19(28)13-25/h4,10,16-18,20-21,25,27,29H,1,5-9,11-13H2,2-3H3/t16-,17-,18?,20?,21+,22-,23-,24+/m0/s1. The number of aliphatic hydroxyl groups excluding tert-OH is 2. The third-order valence-electron chi connectivity index (χ3n) is 9.08. The van der Waals surface area contributed by atoms with Crippen LogP contribution in [0.2, 0.25) is 0 Å². The van der Waals surface area contributed by atoms with Crippen LogP contribution in [-0.2, 0) is 14.3 Å². The summed E-state index contributed by atoms with van der Waals surface area (Å²) in [6.45, 7) is 7.15. The van der Waals surface area contributed by atoms with E-state index >= 15 is 0 Å². The number of carbonyl (C=O) groups is 2. The van der Waals surface area contributed by atoms with Crippen LogP contribution >= 0.6 is 0 Å². The molecule has 3 fully saturated rings. The summed E-state index contributed by atoms with van der Waals surface area (Å²) in [5.41, 5.74) is -1.83. The molecule has 6 nitrogen and oxygen atoms in total. The fraction of sp³-hybridized carbons (Fsp3) is 0.750. The van der Waals surface area contributed by atoms with Crippen molar-refractivity contribution in [1.82, 2.24) is 0 Å². The average Bonchev–Trinajstić information content (AvgIpc) is 2.93. The van der Waals surface area contributed by atoms with Gasteiger partial charge in [-0.1, -0.05) is 25.5 Å². The molecule has 0 aromatic carbocycles. The van der Waals surface area contributed by atoms with E-state index in [1.165, 1.54) is 0 Å². The first-order chi connectivity index (χ1) is 14.1. The molecule has 0 aromatic heterocycles. The lowest BCUT2D eigenvalue weighted by atomic mass is 9.45. The Bertz CT molecular complexity index is 789. The molecular formula is C24H34O6. The van der Waals surface area contributed by atoms with Crippen molar-refractivity contribution < 1.29 is 29.6 Å². The Hall–Kier alpha value is -1.34. The Morgan fingerprint density at radius 1 is 1.37 bits per heavy atom. The molecule has 2 unspecified atom stereocenters. The second-order valence-corrected chi connectivity index (χ2v) is 10.3. The van der Waals surface area contributed by atoms with Gasteiger partial charge in [-0.2, -0.15) is 0 Å². The molecule has 30 heavy (non-hydrogen) atoms. The van der Waals surface area contributed by atoms with Crippen LogP contribution in [0.4, 0.5) is 0 Å². The summed E-state index contributed by atoms with van der Waals surface area (Å²) < 4.78 is 5.87. The molecule has 0 amide bonds. The van der Waals surface area contributed by atoms with Crippen molar-refractivity contribution in [1.29, 1.82) is 0 Å². The SMILES string of the molecule is C=CCOC1C[C@H]2[C@@H]3CCC4=CC(=O)CC[C@]4(C)[C@H]3C(O)C[C@]2(C)[C@@]1(O)C(=O)CO. The van der Waals surface area contributed by atoms with Crippen LogP contribution in [-0.4, -0.2) is 57.9 Å². The van der Waals surface area contributed by atoms with E-state index in [0.29, 0.717) is 12.8 Å². The molecule has 0 heterocycles. The minimum absolute atomic E-state index is 0.0165. The van der Waals surface area contributed by atoms with E-state index in [4.69, 9.17) is 4.74 Å². The first-order valence-corrected chi connectivity index (χ1v) is 11.1. The van der Waals surface area contributed by atoms with E-state index in [-0.39, 0.29) is 42.0 Å². The molecule has 0 radical (unpaired) electrons. The van der Waals surface area contributed by atoms with Crippen molar-refractivity contribution in [3.8, 4) is 0 Å². The van der Waals surface area contributed by atoms with E-state index in [1.807, 2.05) is 6.92 Å². The summed E-state index contributed by atoms with van der Waals surface area (Å²) in [4.78, 5) is 24.8. The van der Waals surface area contributed by atoms with Crippen LogP contribution in [0.5, 0.6) is 0 Å². The van der Waals surface area contributed by atoms with Crippen molar-refractivity contribution in [2.75, 3.05) is 13.2 Å². The molecule has 4 aliphatic rings. The zero-order valence-corrected chi connectivity index (χ0v) is 18.0. The van der Waals surface area contributed by atoms with Gasteiger partial charge in [0, 0.05) is 11.8 Å². The lowest BCUT2D eigenvalue weighted by molar-refractivity contribution is -0.196. The van der Waals surface area contributed by atoms with E-state index in [0.717, 1.165) is 24.8 Å². The number of hydrogen-bond donors (Lipinski definition) is 3. The van der Waals surface area contributed by atoms with Crippen molar-refractivity contribution in [2.24, 2.45) is 28.6 Å². The fourth-order valence-corrected chi connectivity index (χ4v) is 7.67. The number of carbonyl (C=O) groups excluding carboxylic acids is 2. The predicted octanol–water partition coefficient (Wildman–Crippen LogP) is 1.96. The highest BCUT2D eigenvalue weighted by Gasteiger charge is 2.72. The Morgan fingerprint density at radius 3 is 2.77 bits per heavy atom. The zero-order chi connectivity index (χ0) is 21.9. The van der Waals surface area contributed by atoms with Gasteiger partial charge in [0.15, 0.2) is 17.2 Å². The highest BCUT2D eigenvalue weighted by Crippen LogP contribution is 2.68. The zero-order valence-electron chi connectivity index (χ0n) is 18.0. The maximum atomic E-state index is 12.8. The molecular weight excluding hydrogens is 384 g/mol. The van der Waals surface area contributed by atoms with Crippen LogP contribution in [0, 0.1) is 28.6 Å². The molecule has 0 aromatic rings. The van der Waals surface area contributed by atoms with Gasteiger partial charge in [0.25, 0.3) is 0 Å². The minimum atomic E-state index is -1.85. The molecule has 0 bridgehead atoms. The van der Waals surface area contributed by atoms with Gasteiger partial charge < -0.3 is 20.1 Å². The first kappa shape index (κ1) is 21.9. The van der Waals surface area contributed by atoms with E-state index < -0.39 is 35.6 Å². The number of aliphatic hydroxyl groups is 3. The largest absolute Gasteiger partial charge is 0.393 e. The number of ether oxygens (including phenoxy) is 1. The van der Waals surface area contributed by atoms with Gasteiger partial charge in [-0.15, -0.1) is 6.58 Å². The summed E-state index contributed by atoms with van der Waals surface area (Å²) in [6, 6.07) is 0. The van der Waals surface area contributed by atoms with E-state index in [9.17, 15) is 24.9 Å². The Kier molecular flexibility index (Phi) is 5.37. The summed E-state index contributed by atoms with van der Waals surface area (Å²) in [6.07, 6.45) is 5.55. The van der Waals surface area contributed by atoms with Crippen LogP contribution in [0.15, 0.2) is 24.3 Å².